The van der Waals surface area contributed by atoms with Gasteiger partial charge < -0.3 is 19.6 Å². The SMILES string of the molecule is CCN(CCn1cc(C[N+](C)(C)CCCS)nn1)c1cc(O)c(C)c(O)c1. The zero-order valence-electron chi connectivity index (χ0n) is 16.8. The standard InChI is InChI=1S/C19H31N5O2S/c1-5-22(17-11-18(25)15(2)19(26)12-17)7-8-23-13-16(20-21-23)14-24(3,4)9-6-10-27/h11-13H,5-10,14H2,1-4H3,(H2-,25,26,27)/p+1. The van der Waals surface area contributed by atoms with Crippen molar-refractivity contribution in [2.24, 2.45) is 0 Å². The van der Waals surface area contributed by atoms with Gasteiger partial charge in [-0.25, -0.2) is 0 Å². The van der Waals surface area contributed by atoms with Crippen LogP contribution in [0.4, 0.5) is 5.69 Å². The Hall–Kier alpha value is -1.93. The van der Waals surface area contributed by atoms with E-state index in [1.165, 1.54) is 0 Å². The highest BCUT2D eigenvalue weighted by molar-refractivity contribution is 7.80. The first-order chi connectivity index (χ1) is 12.8. The Morgan fingerprint density at radius 1 is 1.22 bits per heavy atom. The first-order valence-electron chi connectivity index (χ1n) is 9.35. The highest BCUT2D eigenvalue weighted by Crippen LogP contribution is 2.32. The van der Waals surface area contributed by atoms with Crippen molar-refractivity contribution in [3.8, 4) is 11.5 Å². The summed E-state index contributed by atoms with van der Waals surface area (Å²) in [5, 5.41) is 28.5. The molecule has 0 radical (unpaired) electrons. The number of quaternary nitrogens is 1. The molecule has 0 amide bonds. The lowest BCUT2D eigenvalue weighted by molar-refractivity contribution is -0.903. The van der Waals surface area contributed by atoms with Crippen LogP contribution in [-0.4, -0.2) is 69.2 Å². The van der Waals surface area contributed by atoms with Crippen LogP contribution in [0, 0.1) is 6.92 Å². The Morgan fingerprint density at radius 2 is 1.89 bits per heavy atom. The van der Waals surface area contributed by atoms with Crippen LogP contribution >= 0.6 is 12.6 Å². The minimum absolute atomic E-state index is 0.104. The smallest absolute Gasteiger partial charge is 0.137 e. The minimum atomic E-state index is 0.104. The molecule has 8 heteroatoms. The Bertz CT molecular complexity index is 724. The molecule has 1 aromatic heterocycles. The van der Waals surface area contributed by atoms with E-state index in [-0.39, 0.29) is 11.5 Å². The number of hydrogen-bond donors (Lipinski definition) is 3. The second-order valence-electron chi connectivity index (χ2n) is 7.56. The lowest BCUT2D eigenvalue weighted by Crippen LogP contribution is -2.39. The fourth-order valence-corrected chi connectivity index (χ4v) is 3.22. The van der Waals surface area contributed by atoms with Gasteiger partial charge in [-0.2, -0.15) is 12.6 Å². The maximum Gasteiger partial charge on any atom is 0.137 e. The molecule has 1 aromatic carbocycles. The van der Waals surface area contributed by atoms with Gasteiger partial charge in [-0.15, -0.1) is 5.10 Å². The Balaban J connectivity index is 1.98. The molecular weight excluding hydrogens is 362 g/mol. The van der Waals surface area contributed by atoms with Crippen molar-refractivity contribution in [2.45, 2.75) is 33.4 Å². The third-order valence-corrected chi connectivity index (χ3v) is 5.10. The molecule has 0 unspecified atom stereocenters. The largest absolute Gasteiger partial charge is 0.507 e. The zero-order chi connectivity index (χ0) is 20.0. The first kappa shape index (κ1) is 21.4. The molecule has 0 fully saturated rings. The Kier molecular flexibility index (Phi) is 7.38. The van der Waals surface area contributed by atoms with Crippen LogP contribution in [0.1, 0.15) is 24.6 Å². The Morgan fingerprint density at radius 3 is 2.48 bits per heavy atom. The van der Waals surface area contributed by atoms with E-state index >= 15 is 0 Å². The average molecular weight is 395 g/mol. The third kappa shape index (κ3) is 6.04. The van der Waals surface area contributed by atoms with Crippen LogP contribution in [0.25, 0.3) is 0 Å². The number of aromatic nitrogens is 3. The average Bonchev–Trinajstić information content (AvgIpc) is 3.05. The lowest BCUT2D eigenvalue weighted by Gasteiger charge is -2.28. The molecule has 0 aliphatic heterocycles. The van der Waals surface area contributed by atoms with Crippen LogP contribution in [0.5, 0.6) is 11.5 Å². The predicted molar refractivity (Wildman–Crippen MR) is 112 cm³/mol. The first-order valence-corrected chi connectivity index (χ1v) is 9.98. The summed E-state index contributed by atoms with van der Waals surface area (Å²) in [5.74, 6) is 1.10. The molecule has 0 aliphatic carbocycles. The number of aromatic hydroxyl groups is 2. The summed E-state index contributed by atoms with van der Waals surface area (Å²) >= 11 is 4.29. The van der Waals surface area contributed by atoms with Gasteiger partial charge in [0, 0.05) is 42.9 Å². The number of phenols is 2. The number of rotatable bonds is 10. The van der Waals surface area contributed by atoms with E-state index < -0.39 is 0 Å². The zero-order valence-corrected chi connectivity index (χ0v) is 17.7. The number of hydrogen-bond acceptors (Lipinski definition) is 6. The molecule has 0 saturated carbocycles. The predicted octanol–water partition coefficient (Wildman–Crippen LogP) is 2.42. The molecule has 7 nitrogen and oxygen atoms in total. The van der Waals surface area contributed by atoms with Crippen molar-refractivity contribution >= 4 is 18.3 Å². The maximum absolute atomic E-state index is 9.96. The van der Waals surface area contributed by atoms with Crippen LogP contribution < -0.4 is 4.90 Å². The van der Waals surface area contributed by atoms with Gasteiger partial charge in [-0.3, -0.25) is 4.68 Å². The van der Waals surface area contributed by atoms with Gasteiger partial charge in [0.2, 0.25) is 0 Å². The van der Waals surface area contributed by atoms with E-state index in [0.29, 0.717) is 18.7 Å². The van der Waals surface area contributed by atoms with Crippen LogP contribution in [0.15, 0.2) is 18.3 Å². The molecule has 2 aromatic rings. The molecule has 1 heterocycles. The Labute approximate surface area is 167 Å². The van der Waals surface area contributed by atoms with Crippen LogP contribution in [0.3, 0.4) is 0 Å². The number of thiol groups is 1. The molecular formula is C19H32N5O2S+. The van der Waals surface area contributed by atoms with Crippen molar-refractivity contribution in [1.29, 1.82) is 0 Å². The maximum atomic E-state index is 9.96. The molecule has 2 rings (SSSR count). The lowest BCUT2D eigenvalue weighted by atomic mass is 10.1. The summed E-state index contributed by atoms with van der Waals surface area (Å²) in [6.07, 6.45) is 3.07. The van der Waals surface area contributed by atoms with E-state index in [1.54, 1.807) is 19.1 Å². The van der Waals surface area contributed by atoms with E-state index in [1.807, 2.05) is 17.8 Å². The van der Waals surface area contributed by atoms with Crippen LogP contribution in [0.2, 0.25) is 0 Å². The van der Waals surface area contributed by atoms with E-state index in [2.05, 4.69) is 41.9 Å². The van der Waals surface area contributed by atoms with Gasteiger partial charge in [0.05, 0.1) is 33.4 Å². The van der Waals surface area contributed by atoms with E-state index in [9.17, 15) is 10.2 Å². The highest BCUT2D eigenvalue weighted by atomic mass is 32.1. The fraction of sp³-hybridized carbons (Fsp3) is 0.579. The summed E-state index contributed by atoms with van der Waals surface area (Å²) in [5.41, 5.74) is 2.27. The summed E-state index contributed by atoms with van der Waals surface area (Å²) in [6.45, 7) is 7.78. The summed E-state index contributed by atoms with van der Waals surface area (Å²) in [4.78, 5) is 2.09. The van der Waals surface area contributed by atoms with E-state index in [4.69, 9.17) is 0 Å². The molecule has 150 valence electrons. The molecule has 0 atom stereocenters. The van der Waals surface area contributed by atoms with Gasteiger partial charge in [0.15, 0.2) is 0 Å². The van der Waals surface area contributed by atoms with Gasteiger partial charge >= 0.3 is 0 Å². The summed E-state index contributed by atoms with van der Waals surface area (Å²) in [7, 11) is 4.38. The molecule has 0 aliphatic rings. The van der Waals surface area contributed by atoms with E-state index in [0.717, 1.165) is 47.7 Å². The van der Waals surface area contributed by atoms with Gasteiger partial charge in [-0.1, -0.05) is 5.21 Å². The topological polar surface area (TPSA) is 74.4 Å². The highest BCUT2D eigenvalue weighted by Gasteiger charge is 2.18. The molecule has 27 heavy (non-hydrogen) atoms. The van der Waals surface area contributed by atoms with Crippen molar-refractivity contribution < 1.29 is 14.7 Å². The van der Waals surface area contributed by atoms with Crippen molar-refractivity contribution in [3.05, 3.63) is 29.6 Å². The quantitative estimate of drug-likeness (QED) is 0.426. The van der Waals surface area contributed by atoms with Crippen molar-refractivity contribution in [3.63, 3.8) is 0 Å². The number of benzene rings is 1. The number of nitrogens with zero attached hydrogens (tertiary/aromatic N) is 5. The minimum Gasteiger partial charge on any atom is -0.507 e. The molecule has 0 bridgehead atoms. The second-order valence-corrected chi connectivity index (χ2v) is 8.00. The molecule has 0 saturated heterocycles. The number of phenolic OH excluding ortho intramolecular Hbond substituents is 2. The molecule has 2 N–H and O–H groups in total. The fourth-order valence-electron chi connectivity index (χ4n) is 3.08. The van der Waals surface area contributed by atoms with Gasteiger partial charge in [-0.05, 0) is 19.6 Å². The summed E-state index contributed by atoms with van der Waals surface area (Å²) in [6, 6.07) is 3.37. The van der Waals surface area contributed by atoms with Gasteiger partial charge in [0.1, 0.15) is 23.7 Å². The summed E-state index contributed by atoms with van der Waals surface area (Å²) < 4.78 is 2.72. The number of anilines is 1. The van der Waals surface area contributed by atoms with Crippen molar-refractivity contribution in [1.82, 2.24) is 15.0 Å². The second kappa shape index (κ2) is 9.32. The van der Waals surface area contributed by atoms with Gasteiger partial charge in [0.25, 0.3) is 0 Å². The molecule has 0 spiro atoms. The number of likely N-dealkylation sites (N-methyl/N-ethyl adjacent to an activating group) is 1. The monoisotopic (exact) mass is 394 g/mol. The van der Waals surface area contributed by atoms with Crippen LogP contribution in [-0.2, 0) is 13.1 Å². The van der Waals surface area contributed by atoms with Crippen molar-refractivity contribution in [2.75, 3.05) is 44.4 Å². The third-order valence-electron chi connectivity index (χ3n) is 4.78. The normalized spacial score (nSPS) is 11.7.